The minimum Gasteiger partial charge on any atom is -0.465 e. The van der Waals surface area contributed by atoms with E-state index in [1.807, 2.05) is 18.2 Å². The Kier molecular flexibility index (Phi) is 6.05. The van der Waals surface area contributed by atoms with E-state index in [0.717, 1.165) is 23.3 Å². The number of aromatic nitrogens is 1. The van der Waals surface area contributed by atoms with E-state index in [9.17, 15) is 22.8 Å². The molecule has 9 heteroatoms. The largest absolute Gasteiger partial charge is 0.465 e. The summed E-state index contributed by atoms with van der Waals surface area (Å²) >= 11 is 0. The third-order valence-corrected chi connectivity index (χ3v) is 5.81. The average molecular weight is 492 g/mol. The number of amides is 1. The van der Waals surface area contributed by atoms with Gasteiger partial charge in [0, 0.05) is 11.1 Å². The first-order valence-corrected chi connectivity index (χ1v) is 11.1. The lowest BCUT2D eigenvalue weighted by Gasteiger charge is -2.13. The van der Waals surface area contributed by atoms with Crippen molar-refractivity contribution in [3.05, 3.63) is 95.1 Å². The van der Waals surface area contributed by atoms with Gasteiger partial charge < -0.3 is 14.5 Å². The summed E-state index contributed by atoms with van der Waals surface area (Å²) in [5.41, 5.74) is 2.29. The van der Waals surface area contributed by atoms with E-state index in [1.54, 1.807) is 30.5 Å². The summed E-state index contributed by atoms with van der Waals surface area (Å²) in [7, 11) is 0. The summed E-state index contributed by atoms with van der Waals surface area (Å²) in [5.74, 6) is -0.789. The first-order valence-electron chi connectivity index (χ1n) is 11.1. The Hall–Kier alpha value is -4.40. The van der Waals surface area contributed by atoms with Gasteiger partial charge in [-0.15, -0.1) is 0 Å². The van der Waals surface area contributed by atoms with Crippen LogP contribution in [0.2, 0.25) is 0 Å². The van der Waals surface area contributed by atoms with Gasteiger partial charge in [0.1, 0.15) is 5.76 Å². The lowest BCUT2D eigenvalue weighted by Crippen LogP contribution is -2.22. The molecule has 0 radical (unpaired) electrons. The predicted octanol–water partition coefficient (Wildman–Crippen LogP) is 6.13. The summed E-state index contributed by atoms with van der Waals surface area (Å²) in [5, 5.41) is 2.93. The number of rotatable bonds is 5. The number of nitrogens with one attached hydrogen (secondary N) is 1. The number of hydrogen-bond acceptors (Lipinski definition) is 5. The molecule has 0 aliphatic heterocycles. The van der Waals surface area contributed by atoms with E-state index in [0.29, 0.717) is 40.8 Å². The molecule has 0 saturated heterocycles. The van der Waals surface area contributed by atoms with Crippen LogP contribution in [0.1, 0.15) is 39.4 Å². The molecule has 5 rings (SSSR count). The van der Waals surface area contributed by atoms with Crippen LogP contribution < -0.4 is 5.32 Å². The predicted molar refractivity (Wildman–Crippen MR) is 127 cm³/mol. The molecule has 0 unspecified atom stereocenters. The van der Waals surface area contributed by atoms with E-state index in [-0.39, 0.29) is 5.69 Å². The standard InChI is InChI=1S/C27H19F3N2O4/c28-27(29,30)17-5-3-6-18(14-17)31-23(33)15-36-26(34)24-20-8-1-2-9-22(20)32-25-16(10-11-21(24)25)13-19-7-4-12-35-19/h1-9,12-14H,10-11,15H2,(H,31,33). The number of pyridine rings is 1. The molecule has 1 aliphatic rings. The second-order valence-corrected chi connectivity index (χ2v) is 8.22. The Bertz CT molecular complexity index is 1490. The van der Waals surface area contributed by atoms with Crippen LogP contribution in [0, 0.1) is 0 Å². The molecule has 2 aromatic carbocycles. The van der Waals surface area contributed by atoms with Gasteiger partial charge in [0.15, 0.2) is 6.61 Å². The zero-order chi connectivity index (χ0) is 25.3. The topological polar surface area (TPSA) is 81.4 Å². The van der Waals surface area contributed by atoms with Gasteiger partial charge in [0.25, 0.3) is 5.91 Å². The lowest BCUT2D eigenvalue weighted by molar-refractivity contribution is -0.137. The van der Waals surface area contributed by atoms with Crippen molar-refractivity contribution in [1.29, 1.82) is 0 Å². The minimum atomic E-state index is -4.54. The number of para-hydroxylation sites is 1. The van der Waals surface area contributed by atoms with Crippen LogP contribution in [0.4, 0.5) is 18.9 Å². The lowest BCUT2D eigenvalue weighted by atomic mass is 10.0. The fourth-order valence-corrected chi connectivity index (χ4v) is 4.23. The van der Waals surface area contributed by atoms with Gasteiger partial charge in [-0.2, -0.15) is 13.2 Å². The van der Waals surface area contributed by atoms with Crippen molar-refractivity contribution in [1.82, 2.24) is 4.98 Å². The fraction of sp³-hybridized carbons (Fsp3) is 0.148. The first-order chi connectivity index (χ1) is 17.3. The summed E-state index contributed by atoms with van der Waals surface area (Å²) in [6, 6.07) is 15.0. The molecule has 0 saturated carbocycles. The summed E-state index contributed by atoms with van der Waals surface area (Å²) in [4.78, 5) is 30.3. The van der Waals surface area contributed by atoms with Crippen LogP contribution in [-0.2, 0) is 22.1 Å². The maximum Gasteiger partial charge on any atom is 0.416 e. The number of ether oxygens (including phenoxy) is 1. The quantitative estimate of drug-likeness (QED) is 0.339. The number of carbonyl (C=O) groups excluding carboxylic acids is 2. The second-order valence-electron chi connectivity index (χ2n) is 8.22. The van der Waals surface area contributed by atoms with E-state index >= 15 is 0 Å². The van der Waals surface area contributed by atoms with Crippen LogP contribution in [0.15, 0.2) is 71.3 Å². The molecular formula is C27H19F3N2O4. The number of allylic oxidation sites excluding steroid dienone is 1. The molecule has 1 amide bonds. The van der Waals surface area contributed by atoms with Gasteiger partial charge in [-0.1, -0.05) is 24.3 Å². The number of benzene rings is 2. The van der Waals surface area contributed by atoms with Gasteiger partial charge in [-0.25, -0.2) is 9.78 Å². The molecule has 2 heterocycles. The van der Waals surface area contributed by atoms with Crippen molar-refractivity contribution in [3.63, 3.8) is 0 Å². The number of hydrogen-bond donors (Lipinski definition) is 1. The number of fused-ring (bicyclic) bond motifs is 2. The van der Waals surface area contributed by atoms with Gasteiger partial charge in [-0.3, -0.25) is 4.79 Å². The number of anilines is 1. The Morgan fingerprint density at radius 3 is 2.67 bits per heavy atom. The van der Waals surface area contributed by atoms with Crippen molar-refractivity contribution in [2.24, 2.45) is 0 Å². The maximum absolute atomic E-state index is 13.2. The molecule has 0 spiro atoms. The number of carbonyl (C=O) groups is 2. The second kappa shape index (κ2) is 9.33. The molecule has 4 aromatic rings. The number of furan rings is 1. The molecule has 0 fully saturated rings. The molecule has 1 N–H and O–H groups in total. The van der Waals surface area contributed by atoms with Crippen LogP contribution in [0.5, 0.6) is 0 Å². The van der Waals surface area contributed by atoms with Crippen molar-refractivity contribution in [2.45, 2.75) is 19.0 Å². The SMILES string of the molecule is O=C(COC(=O)c1c2c(nc3ccccc13)C(=Cc1ccco1)CC2)Nc1cccc(C(F)(F)F)c1. The van der Waals surface area contributed by atoms with Gasteiger partial charge in [0.2, 0.25) is 0 Å². The van der Waals surface area contributed by atoms with Crippen molar-refractivity contribution < 1.29 is 31.9 Å². The van der Waals surface area contributed by atoms with Crippen LogP contribution in [-0.4, -0.2) is 23.5 Å². The molecule has 182 valence electrons. The van der Waals surface area contributed by atoms with E-state index in [1.165, 1.54) is 12.1 Å². The minimum absolute atomic E-state index is 0.0474. The monoisotopic (exact) mass is 492 g/mol. The van der Waals surface area contributed by atoms with Gasteiger partial charge >= 0.3 is 12.1 Å². The third kappa shape index (κ3) is 4.72. The third-order valence-electron chi connectivity index (χ3n) is 5.81. The Morgan fingerprint density at radius 2 is 1.89 bits per heavy atom. The molecule has 36 heavy (non-hydrogen) atoms. The molecular weight excluding hydrogens is 473 g/mol. The summed E-state index contributed by atoms with van der Waals surface area (Å²) in [6.45, 7) is -0.657. The number of nitrogens with zero attached hydrogens (tertiary/aromatic N) is 1. The highest BCUT2D eigenvalue weighted by Crippen LogP contribution is 2.38. The first kappa shape index (κ1) is 23.3. The zero-order valence-corrected chi connectivity index (χ0v) is 18.8. The fourth-order valence-electron chi connectivity index (χ4n) is 4.23. The Morgan fingerprint density at radius 1 is 1.06 bits per heavy atom. The van der Waals surface area contributed by atoms with Crippen molar-refractivity contribution in [2.75, 3.05) is 11.9 Å². The van der Waals surface area contributed by atoms with Crippen molar-refractivity contribution >= 4 is 40.1 Å². The number of halogens is 3. The average Bonchev–Trinajstić information content (AvgIpc) is 3.51. The number of esters is 1. The van der Waals surface area contributed by atoms with E-state index in [2.05, 4.69) is 5.32 Å². The van der Waals surface area contributed by atoms with Gasteiger partial charge in [0.05, 0.1) is 28.6 Å². The van der Waals surface area contributed by atoms with Crippen LogP contribution in [0.3, 0.4) is 0 Å². The normalized spacial score (nSPS) is 14.1. The zero-order valence-electron chi connectivity index (χ0n) is 18.8. The van der Waals surface area contributed by atoms with Gasteiger partial charge in [-0.05, 0) is 66.5 Å². The molecule has 1 aliphatic carbocycles. The van der Waals surface area contributed by atoms with Crippen LogP contribution >= 0.6 is 0 Å². The smallest absolute Gasteiger partial charge is 0.416 e. The van der Waals surface area contributed by atoms with Crippen molar-refractivity contribution in [3.8, 4) is 0 Å². The summed E-state index contributed by atoms with van der Waals surface area (Å²) in [6.07, 6.45) is 0.116. The van der Waals surface area contributed by atoms with E-state index < -0.39 is 30.2 Å². The molecule has 6 nitrogen and oxygen atoms in total. The highest BCUT2D eigenvalue weighted by atomic mass is 19.4. The Balaban J connectivity index is 1.38. The Labute approximate surface area is 203 Å². The molecule has 0 bridgehead atoms. The highest BCUT2D eigenvalue weighted by Gasteiger charge is 2.31. The van der Waals surface area contributed by atoms with E-state index in [4.69, 9.17) is 14.1 Å². The molecule has 2 aromatic heterocycles. The molecule has 0 atom stereocenters. The maximum atomic E-state index is 13.2. The van der Waals surface area contributed by atoms with Crippen LogP contribution in [0.25, 0.3) is 22.6 Å². The number of alkyl halides is 3. The summed E-state index contributed by atoms with van der Waals surface area (Å²) < 4.78 is 49.5. The highest BCUT2D eigenvalue weighted by molar-refractivity contribution is 6.08.